The summed E-state index contributed by atoms with van der Waals surface area (Å²) in [6, 6.07) is 0. The molecule has 1 saturated carbocycles. The zero-order valence-electron chi connectivity index (χ0n) is 5.01. The monoisotopic (exact) mass is 110 g/mol. The molecule has 2 atom stereocenters. The summed E-state index contributed by atoms with van der Waals surface area (Å²) < 4.78 is 0. The quantitative estimate of drug-likeness (QED) is 0.459. The van der Waals surface area contributed by atoms with Gasteiger partial charge in [-0.1, -0.05) is 25.1 Å². The second kappa shape index (κ2) is 2.54. The van der Waals surface area contributed by atoms with Gasteiger partial charge in [-0.3, -0.25) is 0 Å². The van der Waals surface area contributed by atoms with Crippen molar-refractivity contribution in [3.05, 3.63) is 0 Å². The average Bonchev–Trinajstić information content (AvgIpc) is 1.77. The fraction of sp³-hybridized carbons (Fsp3) is 1.00. The molecule has 0 aromatic rings. The van der Waals surface area contributed by atoms with E-state index in [2.05, 4.69) is 0 Å². The minimum atomic E-state index is -0.219. The predicted octanol–water partition coefficient (Wildman–Crippen LogP) is 0.878. The molecule has 1 fully saturated rings. The van der Waals surface area contributed by atoms with Gasteiger partial charge in [0.25, 0.3) is 0 Å². The molecule has 0 aliphatic heterocycles. The highest BCUT2D eigenvalue weighted by Gasteiger charge is 2.16. The van der Waals surface area contributed by atoms with Gasteiger partial charge in [0, 0.05) is 6.10 Å². The SMILES string of the molecule is [B][C@@H]1CCCC[C@H]1O. The second-order valence-corrected chi connectivity index (χ2v) is 2.52. The van der Waals surface area contributed by atoms with E-state index in [9.17, 15) is 0 Å². The molecule has 1 aliphatic rings. The van der Waals surface area contributed by atoms with Crippen LogP contribution < -0.4 is 0 Å². The fourth-order valence-electron chi connectivity index (χ4n) is 1.14. The average molecular weight is 110 g/mol. The van der Waals surface area contributed by atoms with Crippen molar-refractivity contribution in [3.8, 4) is 0 Å². The highest BCUT2D eigenvalue weighted by Crippen LogP contribution is 2.25. The Labute approximate surface area is 51.5 Å². The first kappa shape index (κ1) is 6.15. The zero-order chi connectivity index (χ0) is 5.98. The van der Waals surface area contributed by atoms with Gasteiger partial charge in [0.2, 0.25) is 0 Å². The van der Waals surface area contributed by atoms with E-state index >= 15 is 0 Å². The topological polar surface area (TPSA) is 20.2 Å². The summed E-state index contributed by atoms with van der Waals surface area (Å²) in [5.74, 6) is 0.0590. The van der Waals surface area contributed by atoms with Gasteiger partial charge >= 0.3 is 0 Å². The Balaban J connectivity index is 2.28. The zero-order valence-corrected chi connectivity index (χ0v) is 5.01. The van der Waals surface area contributed by atoms with Crippen molar-refractivity contribution in [2.24, 2.45) is 0 Å². The summed E-state index contributed by atoms with van der Waals surface area (Å²) in [5, 5.41) is 9.05. The molecule has 0 unspecified atom stereocenters. The summed E-state index contributed by atoms with van der Waals surface area (Å²) >= 11 is 0. The third-order valence-electron chi connectivity index (χ3n) is 1.78. The molecule has 2 heteroatoms. The van der Waals surface area contributed by atoms with Crippen molar-refractivity contribution >= 4 is 7.85 Å². The van der Waals surface area contributed by atoms with Crippen LogP contribution in [0.5, 0.6) is 0 Å². The molecule has 1 rings (SSSR count). The lowest BCUT2D eigenvalue weighted by molar-refractivity contribution is 0.131. The predicted molar refractivity (Wildman–Crippen MR) is 34.0 cm³/mol. The normalized spacial score (nSPS) is 39.6. The first-order valence-electron chi connectivity index (χ1n) is 3.24. The van der Waals surface area contributed by atoms with E-state index in [0.29, 0.717) is 0 Å². The number of hydrogen-bond donors (Lipinski definition) is 1. The highest BCUT2D eigenvalue weighted by molar-refractivity contribution is 6.12. The maximum Gasteiger partial charge on any atom is 0.0734 e. The van der Waals surface area contributed by atoms with Gasteiger partial charge in [-0.25, -0.2) is 0 Å². The van der Waals surface area contributed by atoms with Crippen LogP contribution in [0.1, 0.15) is 25.7 Å². The Morgan fingerprint density at radius 3 is 2.25 bits per heavy atom. The molecule has 8 heavy (non-hydrogen) atoms. The summed E-state index contributed by atoms with van der Waals surface area (Å²) in [7, 11) is 5.53. The van der Waals surface area contributed by atoms with Crippen LogP contribution in [0.25, 0.3) is 0 Å². The van der Waals surface area contributed by atoms with Crippen LogP contribution in [0.15, 0.2) is 0 Å². The summed E-state index contributed by atoms with van der Waals surface area (Å²) in [6.45, 7) is 0. The molecule has 0 amide bonds. The van der Waals surface area contributed by atoms with E-state index in [4.69, 9.17) is 13.0 Å². The molecule has 1 N–H and O–H groups in total. The minimum absolute atomic E-state index is 0.0590. The van der Waals surface area contributed by atoms with E-state index in [-0.39, 0.29) is 11.9 Å². The van der Waals surface area contributed by atoms with Crippen LogP contribution in [0.2, 0.25) is 5.82 Å². The van der Waals surface area contributed by atoms with Crippen LogP contribution in [-0.2, 0) is 0 Å². The lowest BCUT2D eigenvalue weighted by atomic mass is 9.73. The van der Waals surface area contributed by atoms with Crippen LogP contribution in [0.4, 0.5) is 0 Å². The van der Waals surface area contributed by atoms with E-state index < -0.39 is 0 Å². The van der Waals surface area contributed by atoms with Crippen molar-refractivity contribution in [3.63, 3.8) is 0 Å². The van der Waals surface area contributed by atoms with Crippen LogP contribution in [0.3, 0.4) is 0 Å². The second-order valence-electron chi connectivity index (χ2n) is 2.52. The van der Waals surface area contributed by atoms with Crippen molar-refractivity contribution in [1.82, 2.24) is 0 Å². The number of aliphatic hydroxyl groups is 1. The Kier molecular flexibility index (Phi) is 1.95. The molecular formula is C6H11BO. The van der Waals surface area contributed by atoms with Crippen LogP contribution >= 0.6 is 0 Å². The molecule has 1 aliphatic carbocycles. The Morgan fingerprint density at radius 1 is 1.25 bits per heavy atom. The Hall–Kier alpha value is 0.0249. The van der Waals surface area contributed by atoms with Crippen LogP contribution in [-0.4, -0.2) is 19.1 Å². The van der Waals surface area contributed by atoms with E-state index in [0.717, 1.165) is 19.3 Å². The molecule has 1 nitrogen and oxygen atoms in total. The van der Waals surface area contributed by atoms with E-state index in [1.165, 1.54) is 6.42 Å². The lowest BCUT2D eigenvalue weighted by Gasteiger charge is -2.23. The molecule has 0 saturated heterocycles. The lowest BCUT2D eigenvalue weighted by Crippen LogP contribution is -2.19. The minimum Gasteiger partial charge on any atom is -0.394 e. The number of aliphatic hydroxyl groups excluding tert-OH is 1. The molecule has 44 valence electrons. The van der Waals surface area contributed by atoms with Gasteiger partial charge in [-0.05, 0) is 6.42 Å². The van der Waals surface area contributed by atoms with Gasteiger partial charge in [0.15, 0.2) is 0 Å². The Bertz CT molecular complexity index is 64.9. The van der Waals surface area contributed by atoms with Gasteiger partial charge < -0.3 is 5.11 Å². The van der Waals surface area contributed by atoms with Crippen molar-refractivity contribution in [2.75, 3.05) is 0 Å². The first-order valence-corrected chi connectivity index (χ1v) is 3.24. The molecule has 0 spiro atoms. The molecule has 2 radical (unpaired) electrons. The van der Waals surface area contributed by atoms with Gasteiger partial charge in [0.1, 0.15) is 0 Å². The molecule has 0 aromatic heterocycles. The first-order chi connectivity index (χ1) is 3.80. The number of hydrogen-bond acceptors (Lipinski definition) is 1. The van der Waals surface area contributed by atoms with Gasteiger partial charge in [0.05, 0.1) is 7.85 Å². The standard InChI is InChI=1S/C6H11BO/c7-5-3-1-2-4-6(5)8/h5-6,8H,1-4H2/t5-,6-/m1/s1. The van der Waals surface area contributed by atoms with E-state index in [1.54, 1.807) is 0 Å². The maximum atomic E-state index is 9.05. The van der Waals surface area contributed by atoms with Gasteiger partial charge in [-0.15, -0.1) is 0 Å². The molecular weight excluding hydrogens is 98.9 g/mol. The molecule has 0 aromatic carbocycles. The summed E-state index contributed by atoms with van der Waals surface area (Å²) in [4.78, 5) is 0. The molecule has 0 bridgehead atoms. The van der Waals surface area contributed by atoms with Crippen molar-refractivity contribution in [1.29, 1.82) is 0 Å². The highest BCUT2D eigenvalue weighted by atomic mass is 16.3. The Morgan fingerprint density at radius 2 is 1.88 bits per heavy atom. The number of rotatable bonds is 0. The van der Waals surface area contributed by atoms with Crippen LogP contribution in [0, 0.1) is 0 Å². The van der Waals surface area contributed by atoms with E-state index in [1.807, 2.05) is 0 Å². The summed E-state index contributed by atoms with van der Waals surface area (Å²) in [6.07, 6.45) is 4.03. The third kappa shape index (κ3) is 1.25. The summed E-state index contributed by atoms with van der Waals surface area (Å²) in [5.41, 5.74) is 0. The van der Waals surface area contributed by atoms with Crippen molar-refractivity contribution < 1.29 is 5.11 Å². The maximum absolute atomic E-state index is 9.05. The fourth-order valence-corrected chi connectivity index (χ4v) is 1.14. The molecule has 0 heterocycles. The third-order valence-corrected chi connectivity index (χ3v) is 1.78. The van der Waals surface area contributed by atoms with Crippen molar-refractivity contribution in [2.45, 2.75) is 37.6 Å². The smallest absolute Gasteiger partial charge is 0.0734 e. The largest absolute Gasteiger partial charge is 0.394 e. The van der Waals surface area contributed by atoms with Gasteiger partial charge in [-0.2, -0.15) is 0 Å².